The zero-order valence-corrected chi connectivity index (χ0v) is 10.6. The summed E-state index contributed by atoms with van der Waals surface area (Å²) in [5, 5.41) is 3.21. The second-order valence-corrected chi connectivity index (χ2v) is 5.24. The lowest BCUT2D eigenvalue weighted by Crippen LogP contribution is -2.24. The van der Waals surface area contributed by atoms with Crippen LogP contribution in [0, 0.1) is 11.8 Å². The Kier molecular flexibility index (Phi) is 3.64. The third-order valence-corrected chi connectivity index (χ3v) is 4.07. The zero-order chi connectivity index (χ0) is 11.5. The monoisotopic (exact) mass is 221 g/mol. The van der Waals surface area contributed by atoms with Crippen molar-refractivity contribution in [2.75, 3.05) is 7.05 Å². The summed E-state index contributed by atoms with van der Waals surface area (Å²) >= 11 is 0. The maximum absolute atomic E-state index is 4.28. The molecule has 3 heteroatoms. The summed E-state index contributed by atoms with van der Waals surface area (Å²) < 4.78 is 2.37. The highest BCUT2D eigenvalue weighted by Gasteiger charge is 2.26. The van der Waals surface area contributed by atoms with Gasteiger partial charge in [0.15, 0.2) is 0 Å². The average Bonchev–Trinajstić information content (AvgIpc) is 2.71. The van der Waals surface area contributed by atoms with E-state index in [1.807, 2.05) is 19.6 Å². The molecule has 0 amide bonds. The standard InChI is InChI=1S/C13H23N3/c1-10-4-5-12(6-11(10)2)16-9-15-8-13(16)7-14-3/h8-12,14H,4-7H2,1-3H3. The van der Waals surface area contributed by atoms with Crippen molar-refractivity contribution in [3.63, 3.8) is 0 Å². The SMILES string of the molecule is CNCc1cncn1C1CCC(C)C(C)C1. The van der Waals surface area contributed by atoms with Gasteiger partial charge in [-0.15, -0.1) is 0 Å². The first-order valence-electron chi connectivity index (χ1n) is 6.37. The quantitative estimate of drug-likeness (QED) is 0.850. The van der Waals surface area contributed by atoms with Crippen LogP contribution in [0.5, 0.6) is 0 Å². The smallest absolute Gasteiger partial charge is 0.0951 e. The molecular formula is C13H23N3. The van der Waals surface area contributed by atoms with Crippen molar-refractivity contribution < 1.29 is 0 Å². The zero-order valence-electron chi connectivity index (χ0n) is 10.6. The Morgan fingerprint density at radius 1 is 1.38 bits per heavy atom. The van der Waals surface area contributed by atoms with Crippen LogP contribution in [0.2, 0.25) is 0 Å². The Labute approximate surface area is 98.3 Å². The van der Waals surface area contributed by atoms with E-state index in [0.29, 0.717) is 6.04 Å². The molecule has 0 aromatic carbocycles. The van der Waals surface area contributed by atoms with E-state index >= 15 is 0 Å². The molecule has 0 bridgehead atoms. The molecule has 1 saturated carbocycles. The molecule has 3 atom stereocenters. The summed E-state index contributed by atoms with van der Waals surface area (Å²) in [5.41, 5.74) is 1.31. The van der Waals surface area contributed by atoms with Crippen LogP contribution >= 0.6 is 0 Å². The molecule has 0 spiro atoms. The van der Waals surface area contributed by atoms with Gasteiger partial charge in [-0.25, -0.2) is 4.98 Å². The Balaban J connectivity index is 2.09. The summed E-state index contributed by atoms with van der Waals surface area (Å²) in [6.45, 7) is 5.68. The molecule has 0 saturated heterocycles. The first kappa shape index (κ1) is 11.6. The Hall–Kier alpha value is -0.830. The number of hydrogen-bond acceptors (Lipinski definition) is 2. The molecule has 2 rings (SSSR count). The fourth-order valence-corrected chi connectivity index (χ4v) is 2.75. The van der Waals surface area contributed by atoms with Gasteiger partial charge in [0.25, 0.3) is 0 Å². The minimum absolute atomic E-state index is 0.664. The summed E-state index contributed by atoms with van der Waals surface area (Å²) in [4.78, 5) is 4.28. The highest BCUT2D eigenvalue weighted by atomic mass is 15.1. The van der Waals surface area contributed by atoms with Crippen LogP contribution in [-0.2, 0) is 6.54 Å². The van der Waals surface area contributed by atoms with E-state index in [0.717, 1.165) is 18.4 Å². The largest absolute Gasteiger partial charge is 0.330 e. The molecule has 1 aliphatic carbocycles. The van der Waals surface area contributed by atoms with E-state index in [-0.39, 0.29) is 0 Å². The maximum atomic E-state index is 4.28. The second-order valence-electron chi connectivity index (χ2n) is 5.24. The van der Waals surface area contributed by atoms with E-state index in [2.05, 4.69) is 28.7 Å². The Morgan fingerprint density at radius 3 is 2.88 bits per heavy atom. The first-order valence-corrected chi connectivity index (χ1v) is 6.37. The predicted molar refractivity (Wildman–Crippen MR) is 66.2 cm³/mol. The van der Waals surface area contributed by atoms with Gasteiger partial charge in [-0.1, -0.05) is 13.8 Å². The third-order valence-electron chi connectivity index (χ3n) is 4.07. The first-order chi connectivity index (χ1) is 7.72. The van der Waals surface area contributed by atoms with Gasteiger partial charge in [0.2, 0.25) is 0 Å². The topological polar surface area (TPSA) is 29.9 Å². The van der Waals surface area contributed by atoms with Crippen LogP contribution in [0.1, 0.15) is 44.8 Å². The van der Waals surface area contributed by atoms with Crippen LogP contribution in [0.25, 0.3) is 0 Å². The number of rotatable bonds is 3. The van der Waals surface area contributed by atoms with E-state index in [1.54, 1.807) is 0 Å². The van der Waals surface area contributed by atoms with Gasteiger partial charge < -0.3 is 9.88 Å². The molecule has 0 aliphatic heterocycles. The summed E-state index contributed by atoms with van der Waals surface area (Å²) in [5.74, 6) is 1.72. The third kappa shape index (κ3) is 2.29. The van der Waals surface area contributed by atoms with Gasteiger partial charge in [0.05, 0.1) is 12.0 Å². The number of aromatic nitrogens is 2. The molecule has 1 heterocycles. The molecule has 90 valence electrons. The number of hydrogen-bond donors (Lipinski definition) is 1. The second kappa shape index (κ2) is 5.00. The lowest BCUT2D eigenvalue weighted by atomic mass is 9.79. The van der Waals surface area contributed by atoms with Gasteiger partial charge in [0.1, 0.15) is 0 Å². The fraction of sp³-hybridized carbons (Fsp3) is 0.769. The van der Waals surface area contributed by atoms with Crippen molar-refractivity contribution in [3.05, 3.63) is 18.2 Å². The lowest BCUT2D eigenvalue weighted by Gasteiger charge is -2.33. The Morgan fingerprint density at radius 2 is 2.19 bits per heavy atom. The molecule has 1 aliphatic rings. The van der Waals surface area contributed by atoms with Crippen LogP contribution in [0.3, 0.4) is 0 Å². The summed E-state index contributed by atoms with van der Waals surface area (Å²) in [6, 6.07) is 0.664. The molecule has 1 aromatic heterocycles. The molecule has 1 aromatic rings. The van der Waals surface area contributed by atoms with Crippen LogP contribution in [0.4, 0.5) is 0 Å². The molecule has 1 fully saturated rings. The number of nitrogens with one attached hydrogen (secondary N) is 1. The fourth-order valence-electron chi connectivity index (χ4n) is 2.75. The highest BCUT2D eigenvalue weighted by Crippen LogP contribution is 2.36. The van der Waals surface area contributed by atoms with Crippen LogP contribution in [0.15, 0.2) is 12.5 Å². The van der Waals surface area contributed by atoms with Crippen molar-refractivity contribution in [3.8, 4) is 0 Å². The van der Waals surface area contributed by atoms with E-state index in [4.69, 9.17) is 0 Å². The summed E-state index contributed by atoms with van der Waals surface area (Å²) in [7, 11) is 1.99. The molecule has 3 unspecified atom stereocenters. The molecule has 16 heavy (non-hydrogen) atoms. The van der Waals surface area contributed by atoms with Crippen molar-refractivity contribution in [1.29, 1.82) is 0 Å². The van der Waals surface area contributed by atoms with Crippen molar-refractivity contribution in [2.24, 2.45) is 11.8 Å². The minimum atomic E-state index is 0.664. The van der Waals surface area contributed by atoms with Gasteiger partial charge in [-0.3, -0.25) is 0 Å². The minimum Gasteiger partial charge on any atom is -0.330 e. The predicted octanol–water partition coefficient (Wildman–Crippen LogP) is 2.60. The van der Waals surface area contributed by atoms with Gasteiger partial charge in [-0.2, -0.15) is 0 Å². The lowest BCUT2D eigenvalue weighted by molar-refractivity contribution is 0.208. The highest BCUT2D eigenvalue weighted by molar-refractivity contribution is 5.01. The van der Waals surface area contributed by atoms with Crippen LogP contribution < -0.4 is 5.32 Å². The molecule has 0 radical (unpaired) electrons. The van der Waals surface area contributed by atoms with E-state index in [1.165, 1.54) is 25.0 Å². The van der Waals surface area contributed by atoms with Crippen molar-refractivity contribution in [1.82, 2.24) is 14.9 Å². The molecule has 1 N–H and O–H groups in total. The Bertz CT molecular complexity index is 332. The number of nitrogens with zero attached hydrogens (tertiary/aromatic N) is 2. The van der Waals surface area contributed by atoms with Crippen LogP contribution in [-0.4, -0.2) is 16.6 Å². The molecule has 3 nitrogen and oxygen atoms in total. The number of imidazole rings is 1. The van der Waals surface area contributed by atoms with Gasteiger partial charge in [-0.05, 0) is 38.1 Å². The molecular weight excluding hydrogens is 198 g/mol. The van der Waals surface area contributed by atoms with Gasteiger partial charge >= 0.3 is 0 Å². The van der Waals surface area contributed by atoms with E-state index in [9.17, 15) is 0 Å². The van der Waals surface area contributed by atoms with Crippen molar-refractivity contribution in [2.45, 2.75) is 45.7 Å². The van der Waals surface area contributed by atoms with Crippen molar-refractivity contribution >= 4 is 0 Å². The van der Waals surface area contributed by atoms with Gasteiger partial charge in [0, 0.05) is 18.8 Å². The maximum Gasteiger partial charge on any atom is 0.0951 e. The summed E-state index contributed by atoms with van der Waals surface area (Å²) in [6.07, 6.45) is 7.94. The van der Waals surface area contributed by atoms with E-state index < -0.39 is 0 Å². The normalized spacial score (nSPS) is 30.6. The average molecular weight is 221 g/mol.